The number of carboxylic acid groups (broad SMARTS) is 1. The van der Waals surface area contributed by atoms with Gasteiger partial charge in [-0.15, -0.1) is 0 Å². The lowest BCUT2D eigenvalue weighted by atomic mass is 10.3. The van der Waals surface area contributed by atoms with Gasteiger partial charge in [0.15, 0.2) is 11.4 Å². The van der Waals surface area contributed by atoms with Crippen LogP contribution in [-0.2, 0) is 11.3 Å². The normalized spacial score (nSPS) is 11.8. The average molecular weight is 362 g/mol. The van der Waals surface area contributed by atoms with E-state index in [4.69, 9.17) is 5.11 Å². The van der Waals surface area contributed by atoms with Gasteiger partial charge in [0.1, 0.15) is 6.04 Å². The minimum absolute atomic E-state index is 0.132. The molecule has 0 aliphatic heterocycles. The summed E-state index contributed by atoms with van der Waals surface area (Å²) in [6.07, 6.45) is 3.78. The zero-order chi connectivity index (χ0) is 19.3. The zero-order valence-corrected chi connectivity index (χ0v) is 14.9. The Morgan fingerprint density at radius 3 is 2.58 bits per heavy atom. The highest BCUT2D eigenvalue weighted by Crippen LogP contribution is 2.17. The van der Waals surface area contributed by atoms with Gasteiger partial charge in [-0.2, -0.15) is 10.2 Å². The van der Waals surface area contributed by atoms with Gasteiger partial charge < -0.3 is 15.7 Å². The molecule has 2 aromatic rings. The van der Waals surface area contributed by atoms with Crippen LogP contribution in [0.3, 0.4) is 0 Å². The summed E-state index contributed by atoms with van der Waals surface area (Å²) in [5.74, 6) is -1.98. The molecule has 1 atom stereocenters. The summed E-state index contributed by atoms with van der Waals surface area (Å²) in [6, 6.07) is 0.546. The van der Waals surface area contributed by atoms with E-state index in [1.54, 1.807) is 17.8 Å². The maximum Gasteiger partial charge on any atom is 0.356 e. The van der Waals surface area contributed by atoms with Crippen LogP contribution in [0.25, 0.3) is 0 Å². The van der Waals surface area contributed by atoms with Crippen LogP contribution in [0.5, 0.6) is 0 Å². The van der Waals surface area contributed by atoms with E-state index >= 15 is 0 Å². The largest absolute Gasteiger partial charge is 0.476 e. The van der Waals surface area contributed by atoms with Crippen LogP contribution in [0.1, 0.15) is 54.2 Å². The number of hydrogen-bond donors (Lipinski definition) is 3. The molecule has 10 nitrogen and oxygen atoms in total. The average Bonchev–Trinajstić information content (AvgIpc) is 3.26. The van der Waals surface area contributed by atoms with Crippen molar-refractivity contribution in [2.45, 2.75) is 39.8 Å². The number of aromatic carboxylic acids is 1. The van der Waals surface area contributed by atoms with Crippen molar-refractivity contribution in [2.24, 2.45) is 0 Å². The van der Waals surface area contributed by atoms with E-state index in [0.717, 1.165) is 6.42 Å². The van der Waals surface area contributed by atoms with Crippen LogP contribution in [-0.4, -0.2) is 49.0 Å². The van der Waals surface area contributed by atoms with Crippen LogP contribution in [0.2, 0.25) is 0 Å². The number of aromatic nitrogens is 4. The highest BCUT2D eigenvalue weighted by Gasteiger charge is 2.22. The molecule has 2 heterocycles. The predicted molar refractivity (Wildman–Crippen MR) is 93.1 cm³/mol. The molecule has 0 aromatic carbocycles. The van der Waals surface area contributed by atoms with Crippen molar-refractivity contribution >= 4 is 23.5 Å². The molecular weight excluding hydrogens is 340 g/mol. The fourth-order valence-corrected chi connectivity index (χ4v) is 2.19. The Kier molecular flexibility index (Phi) is 6.10. The smallest absolute Gasteiger partial charge is 0.356 e. The molecule has 0 saturated heterocycles. The molecule has 0 aliphatic rings. The second-order valence-corrected chi connectivity index (χ2v) is 5.65. The van der Waals surface area contributed by atoms with Crippen LogP contribution < -0.4 is 10.6 Å². The maximum absolute atomic E-state index is 12.5. The van der Waals surface area contributed by atoms with Gasteiger partial charge in [-0.25, -0.2) is 4.79 Å². The summed E-state index contributed by atoms with van der Waals surface area (Å²) in [4.78, 5) is 35.6. The van der Waals surface area contributed by atoms with Crippen LogP contribution in [0.15, 0.2) is 18.5 Å². The van der Waals surface area contributed by atoms with Crippen LogP contribution in [0, 0.1) is 0 Å². The standard InChI is InChI=1S/C16H22N6O4/c1-4-7-17-15(24)13-12(9-21(5-2)20-13)18-14(23)10(3)22-8-6-11(19-22)16(25)26/h6,8-10H,4-5,7H2,1-3H3,(H,17,24)(H,18,23)(H,25,26). The van der Waals surface area contributed by atoms with Gasteiger partial charge in [-0.3, -0.25) is 19.0 Å². The molecular formula is C16H22N6O4. The first kappa shape index (κ1) is 19.2. The van der Waals surface area contributed by atoms with Gasteiger partial charge in [0.05, 0.1) is 5.69 Å². The predicted octanol–water partition coefficient (Wildman–Crippen LogP) is 1.14. The summed E-state index contributed by atoms with van der Waals surface area (Å²) < 4.78 is 2.80. The lowest BCUT2D eigenvalue weighted by Gasteiger charge is -2.12. The molecule has 1 unspecified atom stereocenters. The second-order valence-electron chi connectivity index (χ2n) is 5.65. The number of nitrogens with one attached hydrogen (secondary N) is 2. The number of anilines is 1. The molecule has 3 N–H and O–H groups in total. The molecule has 0 fully saturated rings. The minimum Gasteiger partial charge on any atom is -0.476 e. The van der Waals surface area contributed by atoms with Gasteiger partial charge in [-0.05, 0) is 26.3 Å². The van der Waals surface area contributed by atoms with E-state index in [1.807, 2.05) is 13.8 Å². The fourth-order valence-electron chi connectivity index (χ4n) is 2.19. The number of carbonyl (C=O) groups excluding carboxylic acids is 2. The third kappa shape index (κ3) is 4.26. The minimum atomic E-state index is -1.17. The fraction of sp³-hybridized carbons (Fsp3) is 0.438. The molecule has 2 amide bonds. The van der Waals surface area contributed by atoms with Crippen molar-refractivity contribution in [3.63, 3.8) is 0 Å². The Morgan fingerprint density at radius 2 is 2.00 bits per heavy atom. The van der Waals surface area contributed by atoms with E-state index in [0.29, 0.717) is 18.8 Å². The summed E-state index contributed by atoms with van der Waals surface area (Å²) >= 11 is 0. The molecule has 10 heteroatoms. The number of carbonyl (C=O) groups is 3. The highest BCUT2D eigenvalue weighted by atomic mass is 16.4. The second kappa shape index (κ2) is 8.28. The monoisotopic (exact) mass is 362 g/mol. The van der Waals surface area contributed by atoms with E-state index < -0.39 is 17.9 Å². The molecule has 0 bridgehead atoms. The zero-order valence-electron chi connectivity index (χ0n) is 14.9. The van der Waals surface area contributed by atoms with Gasteiger partial charge in [0, 0.05) is 25.5 Å². The third-order valence-electron chi connectivity index (χ3n) is 3.70. The summed E-state index contributed by atoms with van der Waals surface area (Å²) in [7, 11) is 0. The van der Waals surface area contributed by atoms with E-state index in [-0.39, 0.29) is 17.3 Å². The van der Waals surface area contributed by atoms with Crippen molar-refractivity contribution in [3.8, 4) is 0 Å². The van der Waals surface area contributed by atoms with E-state index in [1.165, 1.54) is 16.9 Å². The van der Waals surface area contributed by atoms with Gasteiger partial charge in [0.2, 0.25) is 5.91 Å². The molecule has 0 radical (unpaired) electrons. The SMILES string of the molecule is CCCNC(=O)c1nn(CC)cc1NC(=O)C(C)n1ccc(C(=O)O)n1. The molecule has 0 spiro atoms. The number of rotatable bonds is 8. The molecule has 2 aromatic heterocycles. The summed E-state index contributed by atoms with van der Waals surface area (Å²) in [5.41, 5.74) is 0.276. The lowest BCUT2D eigenvalue weighted by molar-refractivity contribution is -0.119. The Hall–Kier alpha value is -3.17. The topological polar surface area (TPSA) is 131 Å². The summed E-state index contributed by atoms with van der Waals surface area (Å²) in [6.45, 7) is 6.43. The van der Waals surface area contributed by atoms with Crippen LogP contribution >= 0.6 is 0 Å². The van der Waals surface area contributed by atoms with Gasteiger partial charge >= 0.3 is 5.97 Å². The first-order valence-electron chi connectivity index (χ1n) is 8.32. The van der Waals surface area contributed by atoms with Crippen LogP contribution in [0.4, 0.5) is 5.69 Å². The van der Waals surface area contributed by atoms with Gasteiger partial charge in [-0.1, -0.05) is 6.92 Å². The van der Waals surface area contributed by atoms with Crippen molar-refractivity contribution in [1.29, 1.82) is 0 Å². The Balaban J connectivity index is 2.17. The molecule has 26 heavy (non-hydrogen) atoms. The number of aryl methyl sites for hydroxylation is 1. The van der Waals surface area contributed by atoms with E-state index in [9.17, 15) is 14.4 Å². The van der Waals surface area contributed by atoms with Crippen molar-refractivity contribution in [1.82, 2.24) is 24.9 Å². The molecule has 140 valence electrons. The van der Waals surface area contributed by atoms with Crippen molar-refractivity contribution < 1.29 is 19.5 Å². The van der Waals surface area contributed by atoms with Crippen molar-refractivity contribution in [2.75, 3.05) is 11.9 Å². The Bertz CT molecular complexity index is 810. The molecule has 0 saturated carbocycles. The van der Waals surface area contributed by atoms with E-state index in [2.05, 4.69) is 20.8 Å². The first-order chi connectivity index (χ1) is 12.4. The quantitative estimate of drug-likeness (QED) is 0.645. The number of amides is 2. The number of carboxylic acids is 1. The number of nitrogens with zero attached hydrogens (tertiary/aromatic N) is 4. The van der Waals surface area contributed by atoms with Crippen molar-refractivity contribution in [3.05, 3.63) is 29.8 Å². The number of hydrogen-bond acceptors (Lipinski definition) is 5. The molecule has 2 rings (SSSR count). The Labute approximate surface area is 150 Å². The first-order valence-corrected chi connectivity index (χ1v) is 8.32. The summed E-state index contributed by atoms with van der Waals surface area (Å²) in [5, 5.41) is 22.3. The van der Waals surface area contributed by atoms with Gasteiger partial charge in [0.25, 0.3) is 5.91 Å². The maximum atomic E-state index is 12.5. The lowest BCUT2D eigenvalue weighted by Crippen LogP contribution is -2.28. The highest BCUT2D eigenvalue weighted by molar-refractivity contribution is 6.03. The Morgan fingerprint density at radius 1 is 1.27 bits per heavy atom. The molecule has 0 aliphatic carbocycles. The third-order valence-corrected chi connectivity index (χ3v) is 3.70.